The smallest absolute Gasteiger partial charge is 0.421 e. The quantitative estimate of drug-likeness (QED) is 0.416. The maximum Gasteiger partial charge on any atom is 0.421 e. The van der Waals surface area contributed by atoms with E-state index in [1.165, 1.54) is 21.2 Å². The second-order valence-electron chi connectivity index (χ2n) is 3.99. The Labute approximate surface area is 127 Å². The van der Waals surface area contributed by atoms with Crippen LogP contribution < -0.4 is 10.5 Å². The van der Waals surface area contributed by atoms with Crippen LogP contribution in [0.2, 0.25) is 0 Å². The number of amides is 1. The Balaban J connectivity index is 3.16. The van der Waals surface area contributed by atoms with Crippen LogP contribution in [0.15, 0.2) is 24.3 Å². The van der Waals surface area contributed by atoms with Gasteiger partial charge in [0.2, 0.25) is 0 Å². The minimum atomic E-state index is -5.96. The monoisotopic (exact) mass is 396 g/mol. The fraction of sp³-hybridized carbons (Fsp3) is 0.300. The SMILES string of the molecule is O=C(Nc1cccc([NH+]([O-])O)c1)C(Br)(C(F)(F)F)C(F)(F)F. The van der Waals surface area contributed by atoms with E-state index in [4.69, 9.17) is 5.21 Å². The van der Waals surface area contributed by atoms with E-state index < -0.39 is 39.2 Å². The summed E-state index contributed by atoms with van der Waals surface area (Å²) < 4.78 is 71.0. The van der Waals surface area contributed by atoms with E-state index in [-0.39, 0.29) is 0 Å². The van der Waals surface area contributed by atoms with E-state index in [1.54, 1.807) is 0 Å². The summed E-state index contributed by atoms with van der Waals surface area (Å²) in [4.78, 5) is 11.5. The Morgan fingerprint density at radius 3 is 2.09 bits per heavy atom. The number of hydrogen-bond acceptors (Lipinski definition) is 3. The number of quaternary nitrogens is 1. The van der Waals surface area contributed by atoms with Gasteiger partial charge in [-0.15, -0.1) is 0 Å². The number of benzene rings is 1. The molecule has 0 heterocycles. The average Bonchev–Trinajstić information content (AvgIpc) is 2.35. The van der Waals surface area contributed by atoms with Gasteiger partial charge in [-0.1, -0.05) is 22.0 Å². The highest BCUT2D eigenvalue weighted by Gasteiger charge is 2.74. The van der Waals surface area contributed by atoms with E-state index >= 15 is 0 Å². The zero-order chi connectivity index (χ0) is 17.3. The first kappa shape index (κ1) is 18.7. The summed E-state index contributed by atoms with van der Waals surface area (Å²) in [7, 11) is 0. The number of nitrogens with one attached hydrogen (secondary N) is 2. The maximum atomic E-state index is 12.6. The van der Waals surface area contributed by atoms with Gasteiger partial charge in [0.15, 0.2) is 5.69 Å². The van der Waals surface area contributed by atoms with Gasteiger partial charge in [-0.2, -0.15) is 31.6 Å². The maximum absolute atomic E-state index is 12.6. The van der Waals surface area contributed by atoms with Gasteiger partial charge in [0, 0.05) is 17.8 Å². The molecule has 0 fully saturated rings. The number of carbonyl (C=O) groups is 1. The molecule has 124 valence electrons. The predicted molar refractivity (Wildman–Crippen MR) is 64.6 cm³/mol. The van der Waals surface area contributed by atoms with Gasteiger partial charge in [-0.25, -0.2) is 5.21 Å². The molecule has 0 aliphatic rings. The molecule has 0 aliphatic heterocycles. The van der Waals surface area contributed by atoms with Gasteiger partial charge < -0.3 is 10.5 Å². The number of alkyl halides is 7. The van der Waals surface area contributed by atoms with Crippen molar-refractivity contribution < 1.29 is 41.6 Å². The molecule has 0 saturated carbocycles. The normalized spacial score (nSPS) is 14.6. The Morgan fingerprint density at radius 2 is 1.68 bits per heavy atom. The minimum absolute atomic E-state index is 0.419. The van der Waals surface area contributed by atoms with Crippen LogP contribution in [-0.2, 0) is 4.79 Å². The highest BCUT2D eigenvalue weighted by atomic mass is 79.9. The summed E-state index contributed by atoms with van der Waals surface area (Å²) in [5.41, 5.74) is -0.945. The van der Waals surface area contributed by atoms with E-state index in [1.807, 2.05) is 0 Å². The molecule has 0 radical (unpaired) electrons. The van der Waals surface area contributed by atoms with Crippen molar-refractivity contribution in [1.82, 2.24) is 0 Å². The molecule has 1 rings (SSSR count). The Hall–Kier alpha value is -1.37. The number of rotatable bonds is 3. The van der Waals surface area contributed by atoms with Gasteiger partial charge in [-0.3, -0.25) is 4.79 Å². The summed E-state index contributed by atoms with van der Waals surface area (Å²) >= 11 is 1.42. The van der Waals surface area contributed by atoms with Crippen molar-refractivity contribution in [1.29, 1.82) is 0 Å². The molecule has 1 amide bonds. The molecule has 1 atom stereocenters. The molecule has 1 aromatic carbocycles. The molecule has 22 heavy (non-hydrogen) atoms. The summed E-state index contributed by atoms with van der Waals surface area (Å²) in [6.45, 7) is 0. The van der Waals surface area contributed by atoms with Crippen LogP contribution in [0.3, 0.4) is 0 Å². The first-order chi connectivity index (χ1) is 9.80. The lowest BCUT2D eigenvalue weighted by atomic mass is 10.1. The van der Waals surface area contributed by atoms with E-state index in [0.29, 0.717) is 0 Å². The molecule has 0 aromatic heterocycles. The molecule has 0 bridgehead atoms. The summed E-state index contributed by atoms with van der Waals surface area (Å²) in [5, 5.41) is 19.3. The fourth-order valence-corrected chi connectivity index (χ4v) is 1.46. The van der Waals surface area contributed by atoms with Gasteiger partial charge in [0.1, 0.15) is 0 Å². The molecule has 0 spiro atoms. The fourth-order valence-electron chi connectivity index (χ4n) is 1.37. The zero-order valence-corrected chi connectivity index (χ0v) is 11.8. The van der Waals surface area contributed by atoms with Crippen LogP contribution in [0.5, 0.6) is 0 Å². The first-order valence-corrected chi connectivity index (χ1v) is 6.07. The highest BCUT2D eigenvalue weighted by molar-refractivity contribution is 9.10. The van der Waals surface area contributed by atoms with Crippen molar-refractivity contribution in [3.63, 3.8) is 0 Å². The van der Waals surface area contributed by atoms with Crippen LogP contribution in [0, 0.1) is 5.21 Å². The van der Waals surface area contributed by atoms with Crippen molar-refractivity contribution in [2.75, 3.05) is 5.32 Å². The molecule has 1 aromatic rings. The molecule has 5 nitrogen and oxygen atoms in total. The molecule has 3 N–H and O–H groups in total. The molecular formula is C10H7BrF6N2O3. The van der Waals surface area contributed by atoms with Gasteiger partial charge in [-0.05, 0) is 6.07 Å². The minimum Gasteiger partial charge on any atom is -0.595 e. The Morgan fingerprint density at radius 1 is 1.18 bits per heavy atom. The summed E-state index contributed by atoms with van der Waals surface area (Å²) in [6, 6.07) is 3.77. The Bertz CT molecular complexity index is 546. The lowest BCUT2D eigenvalue weighted by molar-refractivity contribution is -0.991. The van der Waals surface area contributed by atoms with E-state index in [9.17, 15) is 36.3 Å². The van der Waals surface area contributed by atoms with Crippen molar-refractivity contribution in [3.05, 3.63) is 29.5 Å². The number of hydrogen-bond donors (Lipinski definition) is 3. The largest absolute Gasteiger partial charge is 0.595 e. The molecule has 0 aliphatic carbocycles. The summed E-state index contributed by atoms with van der Waals surface area (Å²) in [6.07, 6.45) is -11.9. The third kappa shape index (κ3) is 3.51. The zero-order valence-electron chi connectivity index (χ0n) is 10.2. The van der Waals surface area contributed by atoms with Gasteiger partial charge in [0.25, 0.3) is 10.2 Å². The van der Waals surface area contributed by atoms with E-state index in [2.05, 4.69) is 0 Å². The number of carbonyl (C=O) groups excluding carboxylic acids is 1. The van der Waals surface area contributed by atoms with Crippen LogP contribution >= 0.6 is 15.9 Å². The number of halogens is 7. The lowest BCUT2D eigenvalue weighted by Gasteiger charge is -2.30. The summed E-state index contributed by atoms with van der Waals surface area (Å²) in [5.74, 6) is -2.44. The van der Waals surface area contributed by atoms with Gasteiger partial charge >= 0.3 is 12.4 Å². The first-order valence-electron chi connectivity index (χ1n) is 5.28. The molecular weight excluding hydrogens is 390 g/mol. The second-order valence-corrected chi connectivity index (χ2v) is 5.18. The van der Waals surface area contributed by atoms with Gasteiger partial charge in [0.05, 0.1) is 0 Å². The molecule has 12 heteroatoms. The Kier molecular flexibility index (Phi) is 5.11. The predicted octanol–water partition coefficient (Wildman–Crippen LogP) is 2.29. The number of anilines is 1. The third-order valence-electron chi connectivity index (χ3n) is 2.46. The van der Waals surface area contributed by atoms with Crippen molar-refractivity contribution in [2.45, 2.75) is 16.7 Å². The lowest BCUT2D eigenvalue weighted by Crippen LogP contribution is -2.99. The average molecular weight is 397 g/mol. The van der Waals surface area contributed by atoms with E-state index in [0.717, 1.165) is 24.3 Å². The highest BCUT2D eigenvalue weighted by Crippen LogP contribution is 2.50. The van der Waals surface area contributed by atoms with Crippen LogP contribution in [-0.4, -0.2) is 27.8 Å². The molecule has 1 unspecified atom stereocenters. The topological polar surface area (TPSA) is 76.8 Å². The van der Waals surface area contributed by atoms with Crippen LogP contribution in [0.1, 0.15) is 0 Å². The third-order valence-corrected chi connectivity index (χ3v) is 3.72. The standard InChI is InChI=1S/C10H7BrF6N2O3/c11-8(9(12,13)14,10(15,16)17)7(20)18-5-2-1-3-6(4-5)19(21)22/h1-4,19,21H,(H,18,20). The van der Waals surface area contributed by atoms with Crippen molar-refractivity contribution in [2.24, 2.45) is 0 Å². The van der Waals surface area contributed by atoms with Crippen molar-refractivity contribution >= 4 is 33.2 Å². The van der Waals surface area contributed by atoms with Crippen LogP contribution in [0.25, 0.3) is 0 Å². The van der Waals surface area contributed by atoms with Crippen LogP contribution in [0.4, 0.5) is 37.7 Å². The van der Waals surface area contributed by atoms with Crippen molar-refractivity contribution in [3.8, 4) is 0 Å². The second kappa shape index (κ2) is 6.02. The molecule has 0 saturated heterocycles.